The molecule has 4 heteroatoms. The predicted octanol–water partition coefficient (Wildman–Crippen LogP) is 3.02. The highest BCUT2D eigenvalue weighted by Crippen LogP contribution is 2.41. The molecule has 0 amide bonds. The lowest BCUT2D eigenvalue weighted by atomic mass is 10.0. The van der Waals surface area contributed by atoms with Gasteiger partial charge in [0.1, 0.15) is 5.82 Å². The molecule has 106 valence electrons. The van der Waals surface area contributed by atoms with Gasteiger partial charge in [0.05, 0.1) is 0 Å². The summed E-state index contributed by atoms with van der Waals surface area (Å²) in [7, 11) is -0.733. The van der Waals surface area contributed by atoms with E-state index in [0.717, 1.165) is 17.7 Å². The van der Waals surface area contributed by atoms with Crippen LogP contribution in [0.15, 0.2) is 24.3 Å². The molecule has 1 fully saturated rings. The topological polar surface area (TPSA) is 29.1 Å². The SMILES string of the molecule is CC(CCS(C)=O)NC(c1ccc(F)cc1)C1CC1. The molecular formula is C15H22FNOS. The second kappa shape index (κ2) is 6.62. The van der Waals surface area contributed by atoms with Crippen LogP contribution in [-0.4, -0.2) is 22.3 Å². The van der Waals surface area contributed by atoms with Crippen LogP contribution in [0, 0.1) is 11.7 Å². The van der Waals surface area contributed by atoms with Crippen LogP contribution in [-0.2, 0) is 10.8 Å². The molecular weight excluding hydrogens is 261 g/mol. The van der Waals surface area contributed by atoms with Crippen molar-refractivity contribution < 1.29 is 8.60 Å². The van der Waals surface area contributed by atoms with Crippen LogP contribution < -0.4 is 5.32 Å². The molecule has 1 aliphatic carbocycles. The Hall–Kier alpha value is -0.740. The van der Waals surface area contributed by atoms with E-state index in [1.807, 2.05) is 12.1 Å². The molecule has 0 spiro atoms. The lowest BCUT2D eigenvalue weighted by Gasteiger charge is -2.23. The van der Waals surface area contributed by atoms with Gasteiger partial charge >= 0.3 is 0 Å². The number of halogens is 1. The van der Waals surface area contributed by atoms with E-state index in [1.54, 1.807) is 6.26 Å². The molecule has 0 saturated heterocycles. The summed E-state index contributed by atoms with van der Waals surface area (Å²) in [4.78, 5) is 0. The van der Waals surface area contributed by atoms with Crippen LogP contribution >= 0.6 is 0 Å². The monoisotopic (exact) mass is 283 g/mol. The Morgan fingerprint density at radius 3 is 2.53 bits per heavy atom. The van der Waals surface area contributed by atoms with Gasteiger partial charge < -0.3 is 5.32 Å². The van der Waals surface area contributed by atoms with E-state index in [1.165, 1.54) is 25.0 Å². The summed E-state index contributed by atoms with van der Waals surface area (Å²) in [5.41, 5.74) is 1.16. The summed E-state index contributed by atoms with van der Waals surface area (Å²) in [5.74, 6) is 1.21. The molecule has 2 nitrogen and oxygen atoms in total. The Kier molecular flexibility index (Phi) is 5.11. The highest BCUT2D eigenvalue weighted by atomic mass is 32.2. The van der Waals surface area contributed by atoms with Gasteiger partial charge in [-0.1, -0.05) is 12.1 Å². The minimum absolute atomic E-state index is 0.187. The minimum atomic E-state index is -0.733. The second-order valence-electron chi connectivity index (χ2n) is 5.50. The van der Waals surface area contributed by atoms with E-state index in [2.05, 4.69) is 12.2 Å². The maximum atomic E-state index is 13.0. The molecule has 0 aliphatic heterocycles. The van der Waals surface area contributed by atoms with Gasteiger partial charge in [0.25, 0.3) is 0 Å². The summed E-state index contributed by atoms with van der Waals surface area (Å²) in [5, 5.41) is 3.61. The zero-order chi connectivity index (χ0) is 13.8. The molecule has 0 radical (unpaired) electrons. The van der Waals surface area contributed by atoms with Crippen LogP contribution in [0.2, 0.25) is 0 Å². The fraction of sp³-hybridized carbons (Fsp3) is 0.600. The standard InChI is InChI=1S/C15H22FNOS/c1-11(9-10-19(2)18)17-15(12-3-4-12)13-5-7-14(16)8-6-13/h5-8,11-12,15,17H,3-4,9-10H2,1-2H3. The minimum Gasteiger partial charge on any atom is -0.307 e. The highest BCUT2D eigenvalue weighted by molar-refractivity contribution is 7.84. The van der Waals surface area contributed by atoms with Crippen molar-refractivity contribution in [1.29, 1.82) is 0 Å². The number of rotatable bonds is 7. The molecule has 3 unspecified atom stereocenters. The largest absolute Gasteiger partial charge is 0.307 e. The van der Waals surface area contributed by atoms with Gasteiger partial charge in [-0.05, 0) is 49.8 Å². The van der Waals surface area contributed by atoms with E-state index >= 15 is 0 Å². The maximum absolute atomic E-state index is 13.0. The van der Waals surface area contributed by atoms with Crippen LogP contribution in [0.4, 0.5) is 4.39 Å². The Labute approximate surface area is 117 Å². The zero-order valence-corrected chi connectivity index (χ0v) is 12.4. The fourth-order valence-corrected chi connectivity index (χ4v) is 3.02. The molecule has 0 aromatic heterocycles. The fourth-order valence-electron chi connectivity index (χ4n) is 2.34. The van der Waals surface area contributed by atoms with Gasteiger partial charge in [0.2, 0.25) is 0 Å². The van der Waals surface area contributed by atoms with Crippen molar-refractivity contribution in [2.24, 2.45) is 5.92 Å². The highest BCUT2D eigenvalue weighted by Gasteiger charge is 2.32. The number of nitrogens with one attached hydrogen (secondary N) is 1. The zero-order valence-electron chi connectivity index (χ0n) is 11.6. The molecule has 0 bridgehead atoms. The second-order valence-corrected chi connectivity index (χ2v) is 7.05. The van der Waals surface area contributed by atoms with Gasteiger partial charge in [-0.3, -0.25) is 4.21 Å². The van der Waals surface area contributed by atoms with Gasteiger partial charge in [-0.25, -0.2) is 4.39 Å². The Balaban J connectivity index is 1.96. The molecule has 0 heterocycles. The van der Waals surface area contributed by atoms with Crippen molar-refractivity contribution in [3.8, 4) is 0 Å². The summed E-state index contributed by atoms with van der Waals surface area (Å²) in [6.07, 6.45) is 5.13. The third kappa shape index (κ3) is 4.69. The van der Waals surface area contributed by atoms with Crippen molar-refractivity contribution in [3.63, 3.8) is 0 Å². The van der Waals surface area contributed by atoms with E-state index in [9.17, 15) is 8.60 Å². The molecule has 1 aliphatic rings. The molecule has 19 heavy (non-hydrogen) atoms. The van der Waals surface area contributed by atoms with E-state index in [0.29, 0.717) is 18.0 Å². The summed E-state index contributed by atoms with van der Waals surface area (Å²) >= 11 is 0. The Morgan fingerprint density at radius 2 is 2.00 bits per heavy atom. The van der Waals surface area contributed by atoms with Crippen molar-refractivity contribution in [2.75, 3.05) is 12.0 Å². The summed E-state index contributed by atoms with van der Waals surface area (Å²) in [6, 6.07) is 7.43. The van der Waals surface area contributed by atoms with Gasteiger partial charge in [-0.2, -0.15) is 0 Å². The molecule has 1 aromatic rings. The maximum Gasteiger partial charge on any atom is 0.123 e. The van der Waals surface area contributed by atoms with Crippen molar-refractivity contribution in [3.05, 3.63) is 35.6 Å². The van der Waals surface area contributed by atoms with Crippen LogP contribution in [0.1, 0.15) is 37.8 Å². The predicted molar refractivity (Wildman–Crippen MR) is 78.0 cm³/mol. The Bertz CT molecular complexity index is 430. The van der Waals surface area contributed by atoms with Crippen LogP contribution in [0.3, 0.4) is 0 Å². The van der Waals surface area contributed by atoms with Gasteiger partial charge in [-0.15, -0.1) is 0 Å². The molecule has 1 aromatic carbocycles. The van der Waals surface area contributed by atoms with Crippen molar-refractivity contribution in [2.45, 2.75) is 38.3 Å². The number of benzene rings is 1. The third-order valence-corrected chi connectivity index (χ3v) is 4.44. The van der Waals surface area contributed by atoms with Crippen molar-refractivity contribution in [1.82, 2.24) is 5.32 Å². The van der Waals surface area contributed by atoms with E-state index < -0.39 is 10.8 Å². The first-order valence-electron chi connectivity index (χ1n) is 6.88. The molecule has 1 saturated carbocycles. The number of hydrogen-bond acceptors (Lipinski definition) is 2. The average Bonchev–Trinajstić information content (AvgIpc) is 3.19. The number of hydrogen-bond donors (Lipinski definition) is 1. The first-order chi connectivity index (χ1) is 9.06. The lowest BCUT2D eigenvalue weighted by Crippen LogP contribution is -2.32. The molecule has 2 rings (SSSR count). The van der Waals surface area contributed by atoms with Gasteiger partial charge in [0, 0.05) is 34.9 Å². The summed E-state index contributed by atoms with van der Waals surface area (Å²) in [6.45, 7) is 2.13. The molecule has 1 N–H and O–H groups in total. The van der Waals surface area contributed by atoms with Crippen LogP contribution in [0.5, 0.6) is 0 Å². The lowest BCUT2D eigenvalue weighted by molar-refractivity contribution is 0.412. The van der Waals surface area contributed by atoms with Gasteiger partial charge in [0.15, 0.2) is 0 Å². The van der Waals surface area contributed by atoms with E-state index in [4.69, 9.17) is 0 Å². The van der Waals surface area contributed by atoms with Crippen LogP contribution in [0.25, 0.3) is 0 Å². The Morgan fingerprint density at radius 1 is 1.37 bits per heavy atom. The normalized spacial score (nSPS) is 19.9. The first kappa shape index (κ1) is 14.7. The third-order valence-electron chi connectivity index (χ3n) is 3.62. The van der Waals surface area contributed by atoms with E-state index in [-0.39, 0.29) is 5.82 Å². The average molecular weight is 283 g/mol. The quantitative estimate of drug-likeness (QED) is 0.833. The smallest absolute Gasteiger partial charge is 0.123 e. The first-order valence-corrected chi connectivity index (χ1v) is 8.60. The molecule has 3 atom stereocenters. The summed E-state index contributed by atoms with van der Waals surface area (Å²) < 4.78 is 24.1. The van der Waals surface area contributed by atoms with Crippen molar-refractivity contribution >= 4 is 10.8 Å².